The molecule has 0 amide bonds. The molecule has 0 saturated heterocycles. The summed E-state index contributed by atoms with van der Waals surface area (Å²) in [5.74, 6) is 2.39. The number of hydrogen-bond donors (Lipinski definition) is 1. The first-order valence-corrected chi connectivity index (χ1v) is 2.94. The Morgan fingerprint density at radius 2 is 2.60 bits per heavy atom. The van der Waals surface area contributed by atoms with Crippen LogP contribution in [-0.4, -0.2) is 9.55 Å². The van der Waals surface area contributed by atoms with E-state index in [2.05, 4.69) is 10.9 Å². The number of H-pyrrole nitrogens is 1. The average molecular weight is 136 g/mol. The predicted octanol–water partition coefficient (Wildman–Crippen LogP) is 0.118. The second kappa shape index (κ2) is 2.44. The molecule has 1 rings (SSSR count). The van der Waals surface area contributed by atoms with E-state index in [4.69, 9.17) is 6.42 Å². The van der Waals surface area contributed by atoms with Gasteiger partial charge in [-0.25, -0.2) is 4.79 Å². The lowest BCUT2D eigenvalue weighted by Crippen LogP contribution is -2.16. The van der Waals surface area contributed by atoms with Crippen molar-refractivity contribution in [3.8, 4) is 12.3 Å². The van der Waals surface area contributed by atoms with Crippen LogP contribution < -0.4 is 5.69 Å². The van der Waals surface area contributed by atoms with Crippen molar-refractivity contribution in [2.75, 3.05) is 0 Å². The number of nitrogens with one attached hydrogen (secondary N) is 1. The van der Waals surface area contributed by atoms with Crippen molar-refractivity contribution in [1.82, 2.24) is 9.55 Å². The minimum Gasteiger partial charge on any atom is -0.312 e. The van der Waals surface area contributed by atoms with E-state index in [9.17, 15) is 4.79 Å². The van der Waals surface area contributed by atoms with E-state index in [1.165, 1.54) is 4.57 Å². The van der Waals surface area contributed by atoms with Gasteiger partial charge in [0.15, 0.2) is 0 Å². The highest BCUT2D eigenvalue weighted by atomic mass is 16.1. The zero-order chi connectivity index (χ0) is 7.56. The van der Waals surface area contributed by atoms with Gasteiger partial charge in [0.1, 0.15) is 0 Å². The van der Waals surface area contributed by atoms with Crippen LogP contribution in [0.2, 0.25) is 0 Å². The van der Waals surface area contributed by atoms with Gasteiger partial charge < -0.3 is 4.98 Å². The molecular formula is C7H8N2O. The van der Waals surface area contributed by atoms with Gasteiger partial charge in [-0.1, -0.05) is 5.92 Å². The number of hydrogen-bond acceptors (Lipinski definition) is 1. The van der Waals surface area contributed by atoms with Crippen LogP contribution in [0.3, 0.4) is 0 Å². The van der Waals surface area contributed by atoms with Crippen molar-refractivity contribution in [2.45, 2.75) is 13.5 Å². The summed E-state index contributed by atoms with van der Waals surface area (Å²) >= 11 is 0. The highest BCUT2D eigenvalue weighted by Crippen LogP contribution is 1.88. The van der Waals surface area contributed by atoms with Gasteiger partial charge >= 0.3 is 5.69 Å². The maximum absolute atomic E-state index is 10.8. The van der Waals surface area contributed by atoms with E-state index < -0.39 is 0 Å². The molecule has 1 heterocycles. The SMILES string of the molecule is C#CCn1c(C)c[nH]c1=O. The molecule has 0 unspecified atom stereocenters. The fourth-order valence-electron chi connectivity index (χ4n) is 0.770. The van der Waals surface area contributed by atoms with Crippen LogP contribution in [0, 0.1) is 19.3 Å². The van der Waals surface area contributed by atoms with Crippen molar-refractivity contribution in [2.24, 2.45) is 0 Å². The average Bonchev–Trinajstić information content (AvgIpc) is 2.20. The highest BCUT2D eigenvalue weighted by molar-refractivity contribution is 4.98. The third-order valence-corrected chi connectivity index (χ3v) is 1.32. The van der Waals surface area contributed by atoms with Gasteiger partial charge in [-0.05, 0) is 6.92 Å². The number of nitrogens with zero attached hydrogens (tertiary/aromatic N) is 1. The number of aryl methyl sites for hydroxylation is 1. The van der Waals surface area contributed by atoms with Crippen molar-refractivity contribution < 1.29 is 0 Å². The fraction of sp³-hybridized carbons (Fsp3) is 0.286. The van der Waals surface area contributed by atoms with E-state index in [-0.39, 0.29) is 5.69 Å². The van der Waals surface area contributed by atoms with Crippen LogP contribution >= 0.6 is 0 Å². The summed E-state index contributed by atoms with van der Waals surface area (Å²) in [5.41, 5.74) is 0.721. The maximum Gasteiger partial charge on any atom is 0.326 e. The second-order valence-corrected chi connectivity index (χ2v) is 2.03. The number of aromatic nitrogens is 2. The lowest BCUT2D eigenvalue weighted by Gasteiger charge is -1.93. The van der Waals surface area contributed by atoms with Crippen LogP contribution in [0.5, 0.6) is 0 Å². The lowest BCUT2D eigenvalue weighted by atomic mass is 10.5. The van der Waals surface area contributed by atoms with Gasteiger partial charge in [0, 0.05) is 11.9 Å². The molecule has 0 aliphatic carbocycles. The molecule has 3 nitrogen and oxygen atoms in total. The van der Waals surface area contributed by atoms with Crippen molar-refractivity contribution in [1.29, 1.82) is 0 Å². The third kappa shape index (κ3) is 0.960. The molecule has 1 N–H and O–H groups in total. The van der Waals surface area contributed by atoms with E-state index in [0.717, 1.165) is 5.69 Å². The van der Waals surface area contributed by atoms with E-state index in [0.29, 0.717) is 6.54 Å². The Hall–Kier alpha value is -1.43. The fourth-order valence-corrected chi connectivity index (χ4v) is 0.770. The van der Waals surface area contributed by atoms with E-state index >= 15 is 0 Å². The molecule has 10 heavy (non-hydrogen) atoms. The minimum atomic E-state index is -0.143. The molecule has 0 atom stereocenters. The Balaban J connectivity index is 3.13. The quantitative estimate of drug-likeness (QED) is 0.547. The summed E-state index contributed by atoms with van der Waals surface area (Å²) in [6.45, 7) is 2.17. The van der Waals surface area contributed by atoms with Crippen molar-refractivity contribution in [3.63, 3.8) is 0 Å². The van der Waals surface area contributed by atoms with Gasteiger partial charge in [0.05, 0.1) is 6.54 Å². The minimum absolute atomic E-state index is 0.143. The molecule has 0 saturated carbocycles. The van der Waals surface area contributed by atoms with Crippen LogP contribution in [0.4, 0.5) is 0 Å². The summed E-state index contributed by atoms with van der Waals surface area (Å²) in [6, 6.07) is 0. The third-order valence-electron chi connectivity index (χ3n) is 1.32. The molecule has 52 valence electrons. The standard InChI is InChI=1S/C7H8N2O/c1-3-4-9-6(2)5-8-7(9)10/h1,5H,4H2,2H3,(H,8,10). The topological polar surface area (TPSA) is 37.8 Å². The normalized spacial score (nSPS) is 9.20. The van der Waals surface area contributed by atoms with Gasteiger partial charge in [-0.3, -0.25) is 4.57 Å². The zero-order valence-corrected chi connectivity index (χ0v) is 5.72. The molecule has 3 heteroatoms. The second-order valence-electron chi connectivity index (χ2n) is 2.03. The molecule has 0 fully saturated rings. The summed E-state index contributed by atoms with van der Waals surface area (Å²) < 4.78 is 1.50. The maximum atomic E-state index is 10.8. The summed E-state index contributed by atoms with van der Waals surface area (Å²) in [4.78, 5) is 13.4. The number of aromatic amines is 1. The van der Waals surface area contributed by atoms with Crippen molar-refractivity contribution in [3.05, 3.63) is 22.4 Å². The molecule has 0 spiro atoms. The number of imidazole rings is 1. The van der Waals surface area contributed by atoms with Crippen LogP contribution in [-0.2, 0) is 6.54 Å². The van der Waals surface area contributed by atoms with Crippen LogP contribution in [0.15, 0.2) is 11.0 Å². The molecule has 0 aliphatic rings. The molecule has 0 bridgehead atoms. The van der Waals surface area contributed by atoms with Gasteiger partial charge in [-0.2, -0.15) is 0 Å². The van der Waals surface area contributed by atoms with Gasteiger partial charge in [0.2, 0.25) is 0 Å². The highest BCUT2D eigenvalue weighted by Gasteiger charge is 1.96. The molecule has 0 radical (unpaired) electrons. The first-order chi connectivity index (χ1) is 4.75. The van der Waals surface area contributed by atoms with Gasteiger partial charge in [-0.15, -0.1) is 6.42 Å². The molecule has 0 aromatic carbocycles. The monoisotopic (exact) mass is 136 g/mol. The Labute approximate surface area is 58.7 Å². The van der Waals surface area contributed by atoms with Crippen LogP contribution in [0.25, 0.3) is 0 Å². The first-order valence-electron chi connectivity index (χ1n) is 2.94. The largest absolute Gasteiger partial charge is 0.326 e. The van der Waals surface area contributed by atoms with Gasteiger partial charge in [0.25, 0.3) is 0 Å². The summed E-state index contributed by atoms with van der Waals surface area (Å²) in [5, 5.41) is 0. The molecular weight excluding hydrogens is 128 g/mol. The lowest BCUT2D eigenvalue weighted by molar-refractivity contribution is 0.771. The Kier molecular flexibility index (Phi) is 1.63. The zero-order valence-electron chi connectivity index (χ0n) is 5.72. The van der Waals surface area contributed by atoms with Crippen molar-refractivity contribution >= 4 is 0 Å². The Morgan fingerprint density at radius 1 is 1.90 bits per heavy atom. The Bertz CT molecular complexity index is 313. The smallest absolute Gasteiger partial charge is 0.312 e. The molecule has 1 aromatic rings. The van der Waals surface area contributed by atoms with E-state index in [1.807, 2.05) is 6.92 Å². The Morgan fingerprint density at radius 3 is 3.00 bits per heavy atom. The summed E-state index contributed by atoms with van der Waals surface area (Å²) in [7, 11) is 0. The summed E-state index contributed by atoms with van der Waals surface area (Å²) in [6.07, 6.45) is 6.67. The molecule has 1 aromatic heterocycles. The molecule has 0 aliphatic heterocycles. The first kappa shape index (κ1) is 6.69. The van der Waals surface area contributed by atoms with E-state index in [1.54, 1.807) is 6.20 Å². The number of terminal acetylenes is 1. The number of rotatable bonds is 1. The predicted molar refractivity (Wildman–Crippen MR) is 38.6 cm³/mol. The van der Waals surface area contributed by atoms with Crippen LogP contribution in [0.1, 0.15) is 5.69 Å².